The van der Waals surface area contributed by atoms with E-state index in [1.807, 2.05) is 6.08 Å². The Morgan fingerprint density at radius 1 is 0.867 bits per heavy atom. The monoisotopic (exact) mass is 420 g/mol. The van der Waals surface area contributed by atoms with Gasteiger partial charge in [-0.25, -0.2) is 0 Å². The fourth-order valence-electron chi connectivity index (χ4n) is 3.40. The van der Waals surface area contributed by atoms with Crippen molar-refractivity contribution in [3.8, 4) is 0 Å². The molecule has 1 heterocycles. The molecule has 0 N–H and O–H groups in total. The molecule has 0 radical (unpaired) electrons. The normalized spacial score (nSPS) is 17.9. The van der Waals surface area contributed by atoms with Crippen LogP contribution in [0.25, 0.3) is 0 Å². The SMILES string of the molecule is C=CCCCCCCCCC(=O)OCCCCCC=C(C)B1OC(C)(C)C(C)(C)O1. The minimum atomic E-state index is -0.290. The van der Waals surface area contributed by atoms with E-state index in [0.29, 0.717) is 13.0 Å². The van der Waals surface area contributed by atoms with Crippen LogP contribution in [0.5, 0.6) is 0 Å². The number of carbonyl (C=O) groups excluding carboxylic acids is 1. The molecule has 30 heavy (non-hydrogen) atoms. The van der Waals surface area contributed by atoms with E-state index in [-0.39, 0.29) is 24.3 Å². The topological polar surface area (TPSA) is 44.8 Å². The first-order chi connectivity index (χ1) is 14.2. The largest absolute Gasteiger partial charge is 0.489 e. The zero-order valence-electron chi connectivity index (χ0n) is 20.3. The molecule has 0 aromatic carbocycles. The van der Waals surface area contributed by atoms with E-state index in [9.17, 15) is 4.79 Å². The lowest BCUT2D eigenvalue weighted by molar-refractivity contribution is -0.143. The van der Waals surface area contributed by atoms with Gasteiger partial charge in [0.1, 0.15) is 0 Å². The number of hydrogen-bond acceptors (Lipinski definition) is 4. The highest BCUT2D eigenvalue weighted by molar-refractivity contribution is 6.54. The van der Waals surface area contributed by atoms with Crippen LogP contribution in [0.2, 0.25) is 0 Å². The Hall–Kier alpha value is -1.07. The number of carbonyl (C=O) groups is 1. The first kappa shape index (κ1) is 27.0. The molecule has 1 aliphatic rings. The number of ether oxygens (including phenoxy) is 1. The van der Waals surface area contributed by atoms with Crippen LogP contribution < -0.4 is 0 Å². The summed E-state index contributed by atoms with van der Waals surface area (Å²) in [5.74, 6) is -0.0434. The van der Waals surface area contributed by atoms with Gasteiger partial charge in [-0.2, -0.15) is 0 Å². The summed E-state index contributed by atoms with van der Waals surface area (Å²) in [6, 6.07) is 0. The summed E-state index contributed by atoms with van der Waals surface area (Å²) in [5.41, 5.74) is 0.560. The Balaban J connectivity index is 1.99. The highest BCUT2D eigenvalue weighted by atomic mass is 16.7. The summed E-state index contributed by atoms with van der Waals surface area (Å²) >= 11 is 0. The molecule has 0 spiro atoms. The number of rotatable bonds is 16. The van der Waals surface area contributed by atoms with Gasteiger partial charge < -0.3 is 14.0 Å². The molecule has 172 valence electrons. The second-order valence-electron chi connectivity index (χ2n) is 9.55. The smallest absolute Gasteiger partial charge is 0.466 e. The van der Waals surface area contributed by atoms with E-state index in [0.717, 1.165) is 50.4 Å². The molecule has 1 aliphatic heterocycles. The van der Waals surface area contributed by atoms with Gasteiger partial charge in [0, 0.05) is 6.42 Å². The molecule has 1 saturated heterocycles. The molecule has 1 rings (SSSR count). The summed E-state index contributed by atoms with van der Waals surface area (Å²) in [5, 5.41) is 0. The van der Waals surface area contributed by atoms with Gasteiger partial charge in [0.15, 0.2) is 0 Å². The van der Waals surface area contributed by atoms with Crippen molar-refractivity contribution >= 4 is 13.1 Å². The number of hydrogen-bond donors (Lipinski definition) is 0. The molecule has 0 amide bonds. The molecule has 0 atom stereocenters. The number of allylic oxidation sites excluding steroid dienone is 3. The lowest BCUT2D eigenvalue weighted by atomic mass is 9.79. The molecule has 0 aromatic heterocycles. The van der Waals surface area contributed by atoms with Gasteiger partial charge in [0.2, 0.25) is 0 Å². The maximum absolute atomic E-state index is 11.8. The molecule has 4 nitrogen and oxygen atoms in total. The minimum Gasteiger partial charge on any atom is -0.466 e. The van der Waals surface area contributed by atoms with Crippen molar-refractivity contribution in [3.05, 3.63) is 24.2 Å². The lowest BCUT2D eigenvalue weighted by Crippen LogP contribution is -2.41. The lowest BCUT2D eigenvalue weighted by Gasteiger charge is -2.32. The second kappa shape index (κ2) is 14.1. The molecule has 1 fully saturated rings. The Morgan fingerprint density at radius 2 is 1.40 bits per heavy atom. The molecular weight excluding hydrogens is 375 g/mol. The van der Waals surface area contributed by atoms with Gasteiger partial charge in [0.25, 0.3) is 0 Å². The van der Waals surface area contributed by atoms with E-state index < -0.39 is 0 Å². The van der Waals surface area contributed by atoms with Crippen LogP contribution in [0, 0.1) is 0 Å². The van der Waals surface area contributed by atoms with Crippen molar-refractivity contribution < 1.29 is 18.8 Å². The first-order valence-corrected chi connectivity index (χ1v) is 12.0. The van der Waals surface area contributed by atoms with Crippen molar-refractivity contribution in [2.45, 2.75) is 123 Å². The Morgan fingerprint density at radius 3 is 2.03 bits per heavy atom. The van der Waals surface area contributed by atoms with Crippen LogP contribution in [0.3, 0.4) is 0 Å². The molecule has 5 heteroatoms. The summed E-state index contributed by atoms with van der Waals surface area (Å²) in [6.07, 6.45) is 17.0. The van der Waals surface area contributed by atoms with Gasteiger partial charge in [-0.3, -0.25) is 4.79 Å². The highest BCUT2D eigenvalue weighted by Gasteiger charge is 2.51. The van der Waals surface area contributed by atoms with Crippen LogP contribution >= 0.6 is 0 Å². The standard InChI is InChI=1S/C25H45BO4/c1-7-8-9-10-11-12-13-17-20-23(27)28-21-18-15-14-16-19-22(2)26-29-24(3,4)25(5,6)30-26/h7,19H,1,8-18,20-21H2,2-6H3. The first-order valence-electron chi connectivity index (χ1n) is 12.0. The summed E-state index contributed by atoms with van der Waals surface area (Å²) < 4.78 is 17.5. The summed E-state index contributed by atoms with van der Waals surface area (Å²) in [4.78, 5) is 11.8. The molecule has 0 saturated carbocycles. The van der Waals surface area contributed by atoms with Crippen molar-refractivity contribution in [1.29, 1.82) is 0 Å². The van der Waals surface area contributed by atoms with Crippen molar-refractivity contribution in [3.63, 3.8) is 0 Å². The van der Waals surface area contributed by atoms with E-state index in [1.54, 1.807) is 0 Å². The molecule has 0 unspecified atom stereocenters. The average molecular weight is 420 g/mol. The van der Waals surface area contributed by atoms with E-state index >= 15 is 0 Å². The predicted molar refractivity (Wildman–Crippen MR) is 126 cm³/mol. The van der Waals surface area contributed by atoms with Gasteiger partial charge in [-0.15, -0.1) is 6.58 Å². The maximum Gasteiger partial charge on any atom is 0.489 e. The molecular formula is C25H45BO4. The second-order valence-corrected chi connectivity index (χ2v) is 9.55. The zero-order valence-corrected chi connectivity index (χ0v) is 20.3. The summed E-state index contributed by atoms with van der Waals surface area (Å²) in [7, 11) is -0.247. The van der Waals surface area contributed by atoms with Gasteiger partial charge in [0.05, 0.1) is 17.8 Å². The van der Waals surface area contributed by atoms with E-state index in [2.05, 4.69) is 47.3 Å². The fourth-order valence-corrected chi connectivity index (χ4v) is 3.40. The third kappa shape index (κ3) is 10.3. The van der Waals surface area contributed by atoms with E-state index in [1.165, 1.54) is 25.7 Å². The third-order valence-corrected chi connectivity index (χ3v) is 6.24. The van der Waals surface area contributed by atoms with Crippen LogP contribution in [0.4, 0.5) is 0 Å². The molecule has 0 aliphatic carbocycles. The average Bonchev–Trinajstić information content (AvgIpc) is 2.90. The molecule has 0 aromatic rings. The quantitative estimate of drug-likeness (QED) is 0.117. The van der Waals surface area contributed by atoms with Gasteiger partial charge >= 0.3 is 13.1 Å². The maximum atomic E-state index is 11.8. The van der Waals surface area contributed by atoms with Crippen LogP contribution in [-0.4, -0.2) is 30.9 Å². The Labute approximate surface area is 186 Å². The highest BCUT2D eigenvalue weighted by Crippen LogP contribution is 2.38. The number of unbranched alkanes of at least 4 members (excludes halogenated alkanes) is 9. The minimum absolute atomic E-state index is 0.0434. The van der Waals surface area contributed by atoms with Crippen LogP contribution in [0.1, 0.15) is 112 Å². The van der Waals surface area contributed by atoms with Crippen molar-refractivity contribution in [2.75, 3.05) is 6.61 Å². The third-order valence-electron chi connectivity index (χ3n) is 6.24. The van der Waals surface area contributed by atoms with Crippen molar-refractivity contribution in [2.24, 2.45) is 0 Å². The Kier molecular flexibility index (Phi) is 12.7. The van der Waals surface area contributed by atoms with E-state index in [4.69, 9.17) is 14.0 Å². The van der Waals surface area contributed by atoms with Crippen molar-refractivity contribution in [1.82, 2.24) is 0 Å². The van der Waals surface area contributed by atoms with Gasteiger partial charge in [-0.05, 0) is 85.0 Å². The van der Waals surface area contributed by atoms with Crippen LogP contribution in [0.15, 0.2) is 24.2 Å². The van der Waals surface area contributed by atoms with Gasteiger partial charge in [-0.1, -0.05) is 37.8 Å². The fraction of sp³-hybridized carbons (Fsp3) is 0.800. The number of esters is 1. The van der Waals surface area contributed by atoms with Crippen LogP contribution in [-0.2, 0) is 18.8 Å². The predicted octanol–water partition coefficient (Wildman–Crippen LogP) is 6.97. The zero-order chi connectivity index (χ0) is 22.5. The molecule has 0 bridgehead atoms. The summed E-state index contributed by atoms with van der Waals surface area (Å²) in [6.45, 7) is 14.7. The Bertz CT molecular complexity index is 523.